The van der Waals surface area contributed by atoms with Crippen molar-refractivity contribution in [3.63, 3.8) is 0 Å². The van der Waals surface area contributed by atoms with Crippen LogP contribution in [-0.2, 0) is 16.0 Å². The van der Waals surface area contributed by atoms with Crippen molar-refractivity contribution in [2.45, 2.75) is 12.5 Å². The highest BCUT2D eigenvalue weighted by atomic mass is 19.1. The van der Waals surface area contributed by atoms with Crippen LogP contribution in [-0.4, -0.2) is 40.8 Å². The van der Waals surface area contributed by atoms with Gasteiger partial charge in [-0.15, -0.1) is 0 Å². The van der Waals surface area contributed by atoms with Gasteiger partial charge in [0.2, 0.25) is 5.91 Å². The van der Waals surface area contributed by atoms with Crippen LogP contribution in [0.5, 0.6) is 0 Å². The molecule has 3 rings (SSSR count). The molecule has 0 aliphatic carbocycles. The molecule has 2 aromatic rings. The van der Waals surface area contributed by atoms with Crippen LogP contribution in [0, 0.1) is 5.82 Å². The highest BCUT2D eigenvalue weighted by Gasteiger charge is 2.29. The van der Waals surface area contributed by atoms with E-state index >= 15 is 0 Å². The van der Waals surface area contributed by atoms with Crippen LogP contribution in [0.25, 0.3) is 0 Å². The molecule has 0 unspecified atom stereocenters. The van der Waals surface area contributed by atoms with Gasteiger partial charge in [-0.05, 0) is 23.8 Å². The molecule has 110 valence electrons. The number of aromatic nitrogens is 2. The lowest BCUT2D eigenvalue weighted by Crippen LogP contribution is -2.44. The van der Waals surface area contributed by atoms with Gasteiger partial charge in [-0.2, -0.15) is 5.10 Å². The predicted octanol–water partition coefficient (Wildman–Crippen LogP) is 1.69. The fourth-order valence-corrected chi connectivity index (χ4v) is 2.49. The van der Waals surface area contributed by atoms with Crippen LogP contribution in [0.2, 0.25) is 0 Å². The van der Waals surface area contributed by atoms with Crippen LogP contribution in [0.1, 0.15) is 17.3 Å². The Balaban J connectivity index is 1.73. The van der Waals surface area contributed by atoms with E-state index in [4.69, 9.17) is 4.74 Å². The summed E-state index contributed by atoms with van der Waals surface area (Å²) < 4.78 is 18.4. The summed E-state index contributed by atoms with van der Waals surface area (Å²) in [6.07, 6.45) is 1.91. The molecule has 2 heterocycles. The lowest BCUT2D eigenvalue weighted by atomic mass is 10.1. The summed E-state index contributed by atoms with van der Waals surface area (Å²) in [4.78, 5) is 14.3. The summed E-state index contributed by atoms with van der Waals surface area (Å²) in [6, 6.07) is 7.71. The van der Waals surface area contributed by atoms with E-state index in [2.05, 4.69) is 10.2 Å². The number of hydrogen-bond acceptors (Lipinski definition) is 3. The third kappa shape index (κ3) is 3.11. The van der Waals surface area contributed by atoms with Crippen molar-refractivity contribution in [3.8, 4) is 0 Å². The van der Waals surface area contributed by atoms with Gasteiger partial charge in [-0.1, -0.05) is 12.1 Å². The number of carbonyl (C=O) groups excluding carboxylic acids is 1. The number of aromatic amines is 1. The van der Waals surface area contributed by atoms with Crippen molar-refractivity contribution >= 4 is 5.91 Å². The monoisotopic (exact) mass is 289 g/mol. The first kappa shape index (κ1) is 13.8. The zero-order valence-electron chi connectivity index (χ0n) is 11.5. The molecule has 0 bridgehead atoms. The number of rotatable bonds is 3. The molecule has 0 spiro atoms. The molecule has 1 amide bonds. The SMILES string of the molecule is O=C(Cc1ccc(F)cc1)N1CCOC[C@@H]1c1ccn[nH]1. The van der Waals surface area contributed by atoms with Gasteiger partial charge in [0.25, 0.3) is 0 Å². The molecule has 5 nitrogen and oxygen atoms in total. The number of nitrogens with one attached hydrogen (secondary N) is 1. The number of amides is 1. The van der Waals surface area contributed by atoms with Crippen molar-refractivity contribution in [3.05, 3.63) is 53.6 Å². The van der Waals surface area contributed by atoms with Gasteiger partial charge >= 0.3 is 0 Å². The smallest absolute Gasteiger partial charge is 0.227 e. The first-order valence-electron chi connectivity index (χ1n) is 6.85. The molecule has 1 aromatic carbocycles. The summed E-state index contributed by atoms with van der Waals surface area (Å²) in [7, 11) is 0. The number of nitrogens with zero attached hydrogens (tertiary/aromatic N) is 2. The van der Waals surface area contributed by atoms with E-state index in [1.807, 2.05) is 6.07 Å². The Bertz CT molecular complexity index is 598. The predicted molar refractivity (Wildman–Crippen MR) is 74.0 cm³/mol. The number of ether oxygens (including phenoxy) is 1. The minimum atomic E-state index is -0.298. The summed E-state index contributed by atoms with van der Waals surface area (Å²) in [5.74, 6) is -0.294. The number of halogens is 1. The minimum Gasteiger partial charge on any atom is -0.377 e. The first-order chi connectivity index (χ1) is 10.2. The van der Waals surface area contributed by atoms with E-state index in [-0.39, 0.29) is 24.2 Å². The van der Waals surface area contributed by atoms with E-state index in [1.165, 1.54) is 12.1 Å². The maximum Gasteiger partial charge on any atom is 0.227 e. The van der Waals surface area contributed by atoms with Gasteiger partial charge in [0.15, 0.2) is 0 Å². The molecule has 1 fully saturated rings. The zero-order valence-corrected chi connectivity index (χ0v) is 11.5. The summed E-state index contributed by atoms with van der Waals surface area (Å²) >= 11 is 0. The van der Waals surface area contributed by atoms with E-state index in [1.54, 1.807) is 23.2 Å². The van der Waals surface area contributed by atoms with Gasteiger partial charge < -0.3 is 9.64 Å². The van der Waals surface area contributed by atoms with Gasteiger partial charge in [0.05, 0.1) is 31.4 Å². The number of morpholine rings is 1. The van der Waals surface area contributed by atoms with Crippen molar-refractivity contribution < 1.29 is 13.9 Å². The number of hydrogen-bond donors (Lipinski definition) is 1. The minimum absolute atomic E-state index is 0.00417. The topological polar surface area (TPSA) is 58.2 Å². The van der Waals surface area contributed by atoms with Gasteiger partial charge in [-0.25, -0.2) is 4.39 Å². The lowest BCUT2D eigenvalue weighted by Gasteiger charge is -2.35. The summed E-state index contributed by atoms with van der Waals surface area (Å²) in [5, 5.41) is 6.81. The Morgan fingerprint density at radius 1 is 1.38 bits per heavy atom. The molecule has 1 aliphatic heterocycles. The molecule has 0 radical (unpaired) electrons. The molecular formula is C15H16FN3O2. The third-order valence-corrected chi connectivity index (χ3v) is 3.60. The molecule has 6 heteroatoms. The van der Waals surface area contributed by atoms with E-state index in [0.717, 1.165) is 11.3 Å². The molecule has 0 saturated carbocycles. The van der Waals surface area contributed by atoms with Crippen LogP contribution in [0.4, 0.5) is 4.39 Å². The normalized spacial score (nSPS) is 18.7. The number of carbonyl (C=O) groups is 1. The third-order valence-electron chi connectivity index (χ3n) is 3.60. The Labute approximate surface area is 121 Å². The molecule has 1 atom stereocenters. The fourth-order valence-electron chi connectivity index (χ4n) is 2.49. The number of benzene rings is 1. The molecule has 1 aromatic heterocycles. The van der Waals surface area contributed by atoms with E-state index in [9.17, 15) is 9.18 Å². The summed E-state index contributed by atoms with van der Waals surface area (Å²) in [5.41, 5.74) is 1.67. The summed E-state index contributed by atoms with van der Waals surface area (Å²) in [6.45, 7) is 1.53. The van der Waals surface area contributed by atoms with Crippen LogP contribution >= 0.6 is 0 Å². The first-order valence-corrected chi connectivity index (χ1v) is 6.85. The van der Waals surface area contributed by atoms with E-state index in [0.29, 0.717) is 19.8 Å². The number of H-pyrrole nitrogens is 1. The Hall–Kier alpha value is -2.21. The van der Waals surface area contributed by atoms with E-state index < -0.39 is 0 Å². The maximum atomic E-state index is 12.9. The molecule has 1 aliphatic rings. The van der Waals surface area contributed by atoms with Gasteiger partial charge in [-0.3, -0.25) is 9.89 Å². The highest BCUT2D eigenvalue weighted by molar-refractivity contribution is 5.79. The second-order valence-electron chi connectivity index (χ2n) is 4.99. The van der Waals surface area contributed by atoms with Crippen molar-refractivity contribution in [2.75, 3.05) is 19.8 Å². The quantitative estimate of drug-likeness (QED) is 0.935. The second-order valence-corrected chi connectivity index (χ2v) is 4.99. The molecular weight excluding hydrogens is 273 g/mol. The standard InChI is InChI=1S/C15H16FN3O2/c16-12-3-1-11(2-4-12)9-15(20)19-7-8-21-10-14(19)13-5-6-17-18-13/h1-6,14H,7-10H2,(H,17,18)/t14-/m1/s1. The van der Waals surface area contributed by atoms with Crippen LogP contribution in [0.3, 0.4) is 0 Å². The van der Waals surface area contributed by atoms with Gasteiger partial charge in [0.1, 0.15) is 5.82 Å². The maximum absolute atomic E-state index is 12.9. The largest absolute Gasteiger partial charge is 0.377 e. The van der Waals surface area contributed by atoms with Crippen molar-refractivity contribution in [1.29, 1.82) is 0 Å². The Morgan fingerprint density at radius 2 is 2.19 bits per heavy atom. The van der Waals surface area contributed by atoms with Crippen LogP contribution in [0.15, 0.2) is 36.5 Å². The van der Waals surface area contributed by atoms with Crippen LogP contribution < -0.4 is 0 Å². The van der Waals surface area contributed by atoms with Crippen molar-refractivity contribution in [2.24, 2.45) is 0 Å². The second kappa shape index (κ2) is 6.05. The molecule has 1 N–H and O–H groups in total. The van der Waals surface area contributed by atoms with Crippen molar-refractivity contribution in [1.82, 2.24) is 15.1 Å². The highest BCUT2D eigenvalue weighted by Crippen LogP contribution is 2.23. The zero-order chi connectivity index (χ0) is 14.7. The molecule has 21 heavy (non-hydrogen) atoms. The molecule has 1 saturated heterocycles. The Kier molecular flexibility index (Phi) is 3.96. The average molecular weight is 289 g/mol. The fraction of sp³-hybridized carbons (Fsp3) is 0.333. The lowest BCUT2D eigenvalue weighted by molar-refractivity contribution is -0.139. The van der Waals surface area contributed by atoms with Gasteiger partial charge in [0, 0.05) is 12.7 Å². The Morgan fingerprint density at radius 3 is 2.90 bits per heavy atom. The average Bonchev–Trinajstić information content (AvgIpc) is 3.04.